The second-order valence-electron chi connectivity index (χ2n) is 3.37. The van der Waals surface area contributed by atoms with Crippen LogP contribution >= 0.6 is 18.1 Å². The molecule has 4 nitrogen and oxygen atoms in total. The minimum Gasteiger partial charge on any atom is -0.310 e. The summed E-state index contributed by atoms with van der Waals surface area (Å²) in [5, 5.41) is 0. The van der Waals surface area contributed by atoms with Crippen LogP contribution in [-0.2, 0) is 9.09 Å². The van der Waals surface area contributed by atoms with Crippen LogP contribution in [0.5, 0.6) is 0 Å². The quantitative estimate of drug-likeness (QED) is 0.635. The van der Waals surface area contributed by atoms with Gasteiger partial charge < -0.3 is 9.42 Å². The molecule has 0 aromatic carbocycles. The van der Waals surface area contributed by atoms with Crippen molar-refractivity contribution in [1.29, 1.82) is 0 Å². The average molecular weight is 240 g/mol. The van der Waals surface area contributed by atoms with Crippen LogP contribution in [-0.4, -0.2) is 56.7 Å². The highest BCUT2D eigenvalue weighted by Gasteiger charge is 2.26. The molecule has 6 heteroatoms. The average Bonchev–Trinajstić information content (AvgIpc) is 2.03. The fourth-order valence-electron chi connectivity index (χ4n) is 0.770. The molecule has 0 saturated heterocycles. The van der Waals surface area contributed by atoms with Gasteiger partial charge in [-0.1, -0.05) is 11.4 Å². The Morgan fingerprint density at radius 1 is 1.29 bits per heavy atom. The Kier molecular flexibility index (Phi) is 7.08. The molecule has 0 unspecified atom stereocenters. The van der Waals surface area contributed by atoms with E-state index in [1.54, 1.807) is 18.8 Å². The van der Waals surface area contributed by atoms with Gasteiger partial charge in [0, 0.05) is 12.3 Å². The van der Waals surface area contributed by atoms with Crippen molar-refractivity contribution in [2.45, 2.75) is 6.92 Å². The summed E-state index contributed by atoms with van der Waals surface area (Å²) >= 11 is 1.40. The summed E-state index contributed by atoms with van der Waals surface area (Å²) in [6.45, 7) is 0.642. The van der Waals surface area contributed by atoms with Gasteiger partial charge in [0.15, 0.2) is 0 Å². The van der Waals surface area contributed by atoms with Gasteiger partial charge in [-0.05, 0) is 35.1 Å². The molecule has 0 aromatic rings. The Balaban J connectivity index is 4.04. The molecule has 0 radical (unpaired) electrons. The maximum absolute atomic E-state index is 12.1. The van der Waals surface area contributed by atoms with Crippen LogP contribution < -0.4 is 0 Å². The summed E-state index contributed by atoms with van der Waals surface area (Å²) in [5.74, 6) is 0.822. The predicted octanol–water partition coefficient (Wildman–Crippen LogP) is 1.99. The Morgan fingerprint density at radius 3 is 2.21 bits per heavy atom. The highest BCUT2D eigenvalue weighted by atomic mass is 32.7. The Morgan fingerprint density at radius 2 is 1.86 bits per heavy atom. The highest BCUT2D eigenvalue weighted by molar-refractivity contribution is 8.55. The second-order valence-corrected chi connectivity index (χ2v) is 8.19. The van der Waals surface area contributed by atoms with Gasteiger partial charge in [-0.25, -0.2) is 4.67 Å². The monoisotopic (exact) mass is 240 g/mol. The van der Waals surface area contributed by atoms with Gasteiger partial charge in [0.2, 0.25) is 0 Å². The van der Waals surface area contributed by atoms with E-state index in [2.05, 4.69) is 4.90 Å². The van der Waals surface area contributed by atoms with Crippen LogP contribution in [0.2, 0.25) is 0 Å². The van der Waals surface area contributed by atoms with Gasteiger partial charge in [0.1, 0.15) is 0 Å². The summed E-state index contributed by atoms with van der Waals surface area (Å²) < 4.78 is 19.1. The maximum atomic E-state index is 12.1. The lowest BCUT2D eigenvalue weighted by atomic mass is 10.7. The smallest absolute Gasteiger partial charge is 0.310 e. The Bertz CT molecular complexity index is 200. The van der Waals surface area contributed by atoms with Crippen molar-refractivity contribution in [2.24, 2.45) is 0 Å². The zero-order chi connectivity index (χ0) is 11.2. The SMILES string of the molecule is CCO[P@](=O)(SCCN(C)C)N(C)C. The third-order valence-corrected chi connectivity index (χ3v) is 6.65. The van der Waals surface area contributed by atoms with Gasteiger partial charge in [-0.15, -0.1) is 0 Å². The van der Waals surface area contributed by atoms with Crippen LogP contribution in [0.25, 0.3) is 0 Å². The van der Waals surface area contributed by atoms with Crippen molar-refractivity contribution in [2.75, 3.05) is 47.1 Å². The molecular formula is C8H21N2O2PS. The zero-order valence-corrected chi connectivity index (χ0v) is 11.4. The molecule has 14 heavy (non-hydrogen) atoms. The first-order valence-electron chi connectivity index (χ1n) is 4.64. The first-order chi connectivity index (χ1) is 6.42. The number of hydrogen-bond donors (Lipinski definition) is 0. The normalized spacial score (nSPS) is 16.2. The van der Waals surface area contributed by atoms with E-state index in [-0.39, 0.29) is 0 Å². The topological polar surface area (TPSA) is 32.8 Å². The van der Waals surface area contributed by atoms with E-state index >= 15 is 0 Å². The molecule has 0 heterocycles. The lowest BCUT2D eigenvalue weighted by molar-refractivity contribution is 0.313. The van der Waals surface area contributed by atoms with Crippen molar-refractivity contribution in [3.8, 4) is 0 Å². The van der Waals surface area contributed by atoms with E-state index in [9.17, 15) is 4.57 Å². The van der Waals surface area contributed by atoms with Crippen LogP contribution in [0.15, 0.2) is 0 Å². The molecule has 86 valence electrons. The first-order valence-corrected chi connectivity index (χ1v) is 7.81. The molecule has 0 aromatic heterocycles. The van der Waals surface area contributed by atoms with Crippen molar-refractivity contribution >= 4 is 18.1 Å². The van der Waals surface area contributed by atoms with Gasteiger partial charge in [-0.3, -0.25) is 4.57 Å². The van der Waals surface area contributed by atoms with E-state index in [0.717, 1.165) is 12.3 Å². The largest absolute Gasteiger partial charge is 0.328 e. The van der Waals surface area contributed by atoms with Crippen molar-refractivity contribution in [3.05, 3.63) is 0 Å². The van der Waals surface area contributed by atoms with Gasteiger partial charge in [0.25, 0.3) is 0 Å². The van der Waals surface area contributed by atoms with E-state index in [1.807, 2.05) is 21.0 Å². The van der Waals surface area contributed by atoms with Gasteiger partial charge in [0.05, 0.1) is 6.61 Å². The van der Waals surface area contributed by atoms with Crippen LogP contribution in [0.1, 0.15) is 6.92 Å². The predicted molar refractivity (Wildman–Crippen MR) is 63.9 cm³/mol. The third-order valence-electron chi connectivity index (χ3n) is 1.58. The van der Waals surface area contributed by atoms with Crippen molar-refractivity contribution < 1.29 is 9.09 Å². The molecule has 0 amide bonds. The molecule has 0 aliphatic carbocycles. The van der Waals surface area contributed by atoms with Crippen LogP contribution in [0.4, 0.5) is 0 Å². The summed E-state index contributed by atoms with van der Waals surface area (Å²) in [5.41, 5.74) is 0. The molecule has 0 aliphatic heterocycles. The summed E-state index contributed by atoms with van der Waals surface area (Å²) in [4.78, 5) is 2.07. The fourth-order valence-corrected chi connectivity index (χ4v) is 4.48. The highest BCUT2D eigenvalue weighted by Crippen LogP contribution is 2.60. The van der Waals surface area contributed by atoms with E-state index in [0.29, 0.717) is 6.61 Å². The van der Waals surface area contributed by atoms with Crippen molar-refractivity contribution in [3.63, 3.8) is 0 Å². The molecule has 0 N–H and O–H groups in total. The van der Waals surface area contributed by atoms with Gasteiger partial charge in [-0.2, -0.15) is 0 Å². The summed E-state index contributed by atoms with van der Waals surface area (Å²) in [6, 6.07) is 0. The second kappa shape index (κ2) is 6.85. The molecule has 0 bridgehead atoms. The molecule has 0 aliphatic rings. The molecule has 0 fully saturated rings. The van der Waals surface area contributed by atoms with E-state index in [4.69, 9.17) is 4.52 Å². The summed E-state index contributed by atoms with van der Waals surface area (Å²) in [6.07, 6.45) is 0. The zero-order valence-electron chi connectivity index (χ0n) is 9.69. The fraction of sp³-hybridized carbons (Fsp3) is 1.00. The molecular weight excluding hydrogens is 219 g/mol. The lowest BCUT2D eigenvalue weighted by Crippen LogP contribution is -2.16. The third kappa shape index (κ3) is 5.37. The first kappa shape index (κ1) is 14.5. The van der Waals surface area contributed by atoms with Crippen LogP contribution in [0.3, 0.4) is 0 Å². The van der Waals surface area contributed by atoms with E-state index < -0.39 is 6.72 Å². The number of nitrogens with zero attached hydrogens (tertiary/aromatic N) is 2. The summed E-state index contributed by atoms with van der Waals surface area (Å²) in [7, 11) is 7.59. The molecule has 0 rings (SSSR count). The van der Waals surface area contributed by atoms with Gasteiger partial charge >= 0.3 is 6.72 Å². The minimum atomic E-state index is -2.62. The number of rotatable bonds is 7. The van der Waals surface area contributed by atoms with Crippen LogP contribution in [0, 0.1) is 0 Å². The minimum absolute atomic E-state index is 0.490. The Labute approximate surface area is 91.2 Å². The molecule has 0 spiro atoms. The standard InChI is InChI=1S/C8H21N2O2PS/c1-6-12-13(11,10(4)5)14-8-7-9(2)3/h6-8H2,1-5H3/t13-/m0/s1. The number of hydrogen-bond acceptors (Lipinski definition) is 4. The molecule has 0 saturated carbocycles. The molecule has 1 atom stereocenters. The Hall–Kier alpha value is 0.460. The maximum Gasteiger partial charge on any atom is 0.328 e. The van der Waals surface area contributed by atoms with E-state index in [1.165, 1.54) is 11.4 Å². The van der Waals surface area contributed by atoms with Crippen molar-refractivity contribution in [1.82, 2.24) is 9.57 Å². The lowest BCUT2D eigenvalue weighted by Gasteiger charge is -2.23.